The molecule has 5 aliphatic rings. The summed E-state index contributed by atoms with van der Waals surface area (Å²) in [7, 11) is 0. The third-order valence-electron chi connectivity index (χ3n) is 7.68. The SMILES string of the molecule is c1ccc2c(c1)C[C@H]1O[C@H]3CCN4[C@H](CCN3C21)O[C@@H]1Cc2ccccc2[C@@H]14. The van der Waals surface area contributed by atoms with Crippen LogP contribution in [0.25, 0.3) is 0 Å². The fourth-order valence-corrected chi connectivity index (χ4v) is 6.58. The molecule has 0 spiro atoms. The molecule has 0 amide bonds. The van der Waals surface area contributed by atoms with Crippen LogP contribution in [0.5, 0.6) is 0 Å². The van der Waals surface area contributed by atoms with E-state index in [4.69, 9.17) is 9.47 Å². The lowest BCUT2D eigenvalue weighted by atomic mass is 10.0. The van der Waals surface area contributed by atoms with Gasteiger partial charge in [-0.2, -0.15) is 0 Å². The Labute approximate surface area is 166 Å². The van der Waals surface area contributed by atoms with Crippen molar-refractivity contribution in [1.29, 1.82) is 0 Å². The largest absolute Gasteiger partial charge is 0.358 e. The van der Waals surface area contributed by atoms with Gasteiger partial charge in [-0.25, -0.2) is 0 Å². The van der Waals surface area contributed by atoms with E-state index in [1.165, 1.54) is 22.3 Å². The summed E-state index contributed by atoms with van der Waals surface area (Å²) >= 11 is 0. The molecule has 0 bridgehead atoms. The third kappa shape index (κ3) is 2.15. The zero-order chi connectivity index (χ0) is 18.2. The van der Waals surface area contributed by atoms with Gasteiger partial charge in [0.15, 0.2) is 0 Å². The van der Waals surface area contributed by atoms with Crippen molar-refractivity contribution in [2.45, 2.75) is 62.4 Å². The summed E-state index contributed by atoms with van der Waals surface area (Å²) in [5.74, 6) is 0. The minimum absolute atomic E-state index is 0.250. The highest BCUT2D eigenvalue weighted by Crippen LogP contribution is 2.49. The van der Waals surface area contributed by atoms with Gasteiger partial charge in [0, 0.05) is 38.8 Å². The Bertz CT molecular complexity index is 855. The van der Waals surface area contributed by atoms with Gasteiger partial charge in [0.05, 0.1) is 24.3 Å². The Morgan fingerprint density at radius 1 is 0.643 bits per heavy atom. The summed E-state index contributed by atoms with van der Waals surface area (Å²) in [6, 6.07) is 18.7. The van der Waals surface area contributed by atoms with E-state index in [2.05, 4.69) is 58.3 Å². The molecular formula is C24H26N2O2. The zero-order valence-corrected chi connectivity index (χ0v) is 16.0. The van der Waals surface area contributed by atoms with Crippen molar-refractivity contribution in [3.63, 3.8) is 0 Å². The van der Waals surface area contributed by atoms with Crippen molar-refractivity contribution < 1.29 is 9.47 Å². The number of rotatable bonds is 0. The van der Waals surface area contributed by atoms with Gasteiger partial charge in [0.25, 0.3) is 0 Å². The lowest BCUT2D eigenvalue weighted by Gasteiger charge is -2.36. The number of nitrogens with zero attached hydrogens (tertiary/aromatic N) is 2. The van der Waals surface area contributed by atoms with Crippen LogP contribution in [-0.2, 0) is 22.3 Å². The van der Waals surface area contributed by atoms with Crippen LogP contribution in [0.2, 0.25) is 0 Å². The van der Waals surface area contributed by atoms with E-state index in [1.807, 2.05) is 0 Å². The number of ether oxygens (including phenoxy) is 2. The van der Waals surface area contributed by atoms with Crippen molar-refractivity contribution in [2.75, 3.05) is 13.1 Å². The first-order valence-corrected chi connectivity index (χ1v) is 10.8. The molecule has 6 atom stereocenters. The molecule has 0 radical (unpaired) electrons. The molecule has 144 valence electrons. The van der Waals surface area contributed by atoms with E-state index < -0.39 is 0 Å². The molecule has 3 fully saturated rings. The number of hydrogen-bond donors (Lipinski definition) is 0. The Kier molecular flexibility index (Phi) is 3.39. The monoisotopic (exact) mass is 374 g/mol. The van der Waals surface area contributed by atoms with E-state index in [0.29, 0.717) is 24.3 Å². The van der Waals surface area contributed by atoms with Gasteiger partial charge < -0.3 is 9.47 Å². The summed E-state index contributed by atoms with van der Waals surface area (Å²) in [6.07, 6.45) is 5.43. The maximum absolute atomic E-state index is 6.60. The molecule has 4 nitrogen and oxygen atoms in total. The Morgan fingerprint density at radius 3 is 1.61 bits per heavy atom. The quantitative estimate of drug-likeness (QED) is 0.705. The van der Waals surface area contributed by atoms with Gasteiger partial charge in [-0.15, -0.1) is 0 Å². The van der Waals surface area contributed by atoms with Crippen LogP contribution in [-0.4, -0.2) is 47.6 Å². The molecule has 0 saturated carbocycles. The maximum Gasteiger partial charge on any atom is 0.112 e. The van der Waals surface area contributed by atoms with Crippen molar-refractivity contribution in [2.24, 2.45) is 0 Å². The molecule has 3 heterocycles. The molecule has 3 aliphatic heterocycles. The minimum atomic E-state index is 0.250. The van der Waals surface area contributed by atoms with Crippen LogP contribution in [0, 0.1) is 0 Å². The highest BCUT2D eigenvalue weighted by molar-refractivity contribution is 5.39. The van der Waals surface area contributed by atoms with Gasteiger partial charge in [-0.1, -0.05) is 48.5 Å². The second kappa shape index (κ2) is 5.90. The summed E-state index contributed by atoms with van der Waals surface area (Å²) in [5.41, 5.74) is 5.93. The molecule has 0 N–H and O–H groups in total. The Morgan fingerprint density at radius 2 is 1.11 bits per heavy atom. The van der Waals surface area contributed by atoms with Gasteiger partial charge in [0.1, 0.15) is 12.5 Å². The van der Waals surface area contributed by atoms with E-state index in [0.717, 1.165) is 38.8 Å². The molecule has 0 aromatic heterocycles. The second-order valence-electron chi connectivity index (χ2n) is 9.01. The Hall–Kier alpha value is -1.72. The van der Waals surface area contributed by atoms with Crippen LogP contribution in [0.4, 0.5) is 0 Å². The van der Waals surface area contributed by atoms with E-state index in [9.17, 15) is 0 Å². The topological polar surface area (TPSA) is 24.9 Å². The first kappa shape index (κ1) is 16.1. The normalized spacial score (nSPS) is 38.7. The van der Waals surface area contributed by atoms with Crippen molar-refractivity contribution in [3.05, 3.63) is 70.8 Å². The lowest BCUT2D eigenvalue weighted by molar-refractivity contribution is -0.0596. The zero-order valence-electron chi connectivity index (χ0n) is 16.0. The van der Waals surface area contributed by atoms with E-state index in [1.54, 1.807) is 0 Å². The van der Waals surface area contributed by atoms with Gasteiger partial charge >= 0.3 is 0 Å². The van der Waals surface area contributed by atoms with Crippen LogP contribution in [0.15, 0.2) is 48.5 Å². The average molecular weight is 374 g/mol. The highest BCUT2D eigenvalue weighted by atomic mass is 16.5. The van der Waals surface area contributed by atoms with E-state index in [-0.39, 0.29) is 12.5 Å². The maximum atomic E-state index is 6.60. The number of benzene rings is 2. The summed E-state index contributed by atoms with van der Waals surface area (Å²) in [4.78, 5) is 5.28. The summed E-state index contributed by atoms with van der Waals surface area (Å²) in [6.45, 7) is 2.12. The second-order valence-corrected chi connectivity index (χ2v) is 9.01. The highest BCUT2D eigenvalue weighted by Gasteiger charge is 2.52. The van der Waals surface area contributed by atoms with Crippen LogP contribution in [0.1, 0.15) is 47.2 Å². The van der Waals surface area contributed by atoms with Gasteiger partial charge in [-0.05, 0) is 22.3 Å². The lowest BCUT2D eigenvalue weighted by Crippen LogP contribution is -2.44. The smallest absolute Gasteiger partial charge is 0.112 e. The first-order chi connectivity index (χ1) is 13.9. The first-order valence-electron chi connectivity index (χ1n) is 10.8. The molecule has 2 aromatic rings. The summed E-state index contributed by atoms with van der Waals surface area (Å²) in [5, 5.41) is 0. The predicted molar refractivity (Wildman–Crippen MR) is 106 cm³/mol. The number of hydrogen-bond acceptors (Lipinski definition) is 4. The summed E-state index contributed by atoms with van der Waals surface area (Å²) < 4.78 is 13.2. The van der Waals surface area contributed by atoms with Crippen molar-refractivity contribution in [3.8, 4) is 0 Å². The van der Waals surface area contributed by atoms with Crippen molar-refractivity contribution >= 4 is 0 Å². The molecule has 2 aromatic carbocycles. The fraction of sp³-hybridized carbons (Fsp3) is 0.500. The molecular weight excluding hydrogens is 348 g/mol. The molecule has 1 unspecified atom stereocenters. The third-order valence-corrected chi connectivity index (χ3v) is 7.68. The van der Waals surface area contributed by atoms with Crippen LogP contribution >= 0.6 is 0 Å². The van der Waals surface area contributed by atoms with Gasteiger partial charge in [0.2, 0.25) is 0 Å². The molecule has 4 heteroatoms. The molecule has 2 aliphatic carbocycles. The predicted octanol–water partition coefficient (Wildman–Crippen LogP) is 3.43. The molecule has 3 saturated heterocycles. The van der Waals surface area contributed by atoms with Gasteiger partial charge in [-0.3, -0.25) is 9.80 Å². The van der Waals surface area contributed by atoms with Crippen molar-refractivity contribution in [1.82, 2.24) is 9.80 Å². The Balaban J connectivity index is 1.17. The van der Waals surface area contributed by atoms with E-state index >= 15 is 0 Å². The minimum Gasteiger partial charge on any atom is -0.358 e. The number of fused-ring (bicyclic) bond motifs is 10. The van der Waals surface area contributed by atoms with Crippen LogP contribution in [0.3, 0.4) is 0 Å². The fourth-order valence-electron chi connectivity index (χ4n) is 6.58. The van der Waals surface area contributed by atoms with Crippen LogP contribution < -0.4 is 0 Å². The molecule has 28 heavy (non-hydrogen) atoms. The standard InChI is InChI=1S/C24H26N2O2/c1-3-7-17-15(5-1)13-19-23(17)25-11-9-22-26(12-10-21(25)27-19)24-18-8-4-2-6-16(18)14-20(24)28-22/h1-8,19-24H,9-14H2/t19-,20-,21+,22+,23+,24?/m1/s1. The molecule has 7 rings (SSSR count). The average Bonchev–Trinajstić information content (AvgIpc) is 3.41.